The second-order valence-electron chi connectivity index (χ2n) is 9.21. The lowest BCUT2D eigenvalue weighted by Gasteiger charge is -2.28. The van der Waals surface area contributed by atoms with Gasteiger partial charge in [-0.3, -0.25) is 9.59 Å². The number of thioether (sulfide) groups is 1. The molecule has 0 unspecified atom stereocenters. The molecule has 5 rings (SSSR count). The number of halogens is 4. The van der Waals surface area contributed by atoms with Crippen LogP contribution in [0.2, 0.25) is 0 Å². The molecule has 0 saturated heterocycles. The molecule has 0 bridgehead atoms. The summed E-state index contributed by atoms with van der Waals surface area (Å²) in [5.41, 5.74) is -16.4. The molecular weight excluding hydrogens is 640 g/mol. The lowest BCUT2D eigenvalue weighted by Crippen LogP contribution is -2.40. The number of amides is 1. The highest BCUT2D eigenvalue weighted by atomic mass is 32.2. The number of carbonyl (C=O) groups excluding carboxylic acids is 1. The van der Waals surface area contributed by atoms with E-state index in [1.54, 1.807) is 0 Å². The molecule has 3 aromatic carbocycles. The van der Waals surface area contributed by atoms with Gasteiger partial charge in [0.1, 0.15) is 12.3 Å². The molecule has 0 fully saturated rings. The number of benzene rings is 3. The molecule has 11 heteroatoms. The van der Waals surface area contributed by atoms with E-state index in [1.807, 2.05) is 0 Å². The highest BCUT2D eigenvalue weighted by Crippen LogP contribution is 2.34. The minimum atomic E-state index is -5.37. The van der Waals surface area contributed by atoms with E-state index < -0.39 is 205 Å². The van der Waals surface area contributed by atoms with E-state index in [0.717, 1.165) is 12.1 Å². The fourth-order valence-corrected chi connectivity index (χ4v) is 4.49. The third-order valence-electron chi connectivity index (χ3n) is 6.05. The SMILES string of the molecule is [2H]c1c([2H])c(C([2H])([2H])N(C(=O)C([2H])([2H])n2c(SC([2H])([2H])c3ccc(F)cc3)nc(=O)c3c2C([2H])([2H])C([2H])([2H])C3([2H])[2H])C([2H])([2H])C([2H])([2H])N(C([2H])([2H])C)C([2H])([2H])C)c([2H])c([2H])c1-c1c([2H])c([2H])c(C(F)(F)F)c(C)c1[2H]. The summed E-state index contributed by atoms with van der Waals surface area (Å²) >= 11 is -0.433. The van der Waals surface area contributed by atoms with Crippen molar-refractivity contribution in [3.05, 3.63) is 116 Å². The number of fused-ring (bicyclic) bond motifs is 1. The zero-order chi connectivity index (χ0) is 58.4. The maximum absolute atomic E-state index is 15.5. The number of hydrogen-bond acceptors (Lipinski definition) is 5. The lowest BCUT2D eigenvalue weighted by atomic mass is 9.98. The van der Waals surface area contributed by atoms with Crippen LogP contribution < -0.4 is 5.56 Å². The molecule has 0 spiro atoms. The van der Waals surface area contributed by atoms with Gasteiger partial charge in [-0.25, -0.2) is 4.39 Å². The predicted molar refractivity (Wildman–Crippen MR) is 181 cm³/mol. The van der Waals surface area contributed by atoms with Crippen LogP contribution in [0.15, 0.2) is 76.5 Å². The molecule has 1 aliphatic carbocycles. The van der Waals surface area contributed by atoms with Crippen molar-refractivity contribution in [3.63, 3.8) is 0 Å². The van der Waals surface area contributed by atoms with Gasteiger partial charge in [0, 0.05) is 55.6 Å². The van der Waals surface area contributed by atoms with Crippen LogP contribution in [0.4, 0.5) is 17.6 Å². The minimum Gasteiger partial charge on any atom is -0.336 e. The molecule has 0 aliphatic heterocycles. The van der Waals surface area contributed by atoms with Crippen molar-refractivity contribution >= 4 is 17.7 Å². The highest BCUT2D eigenvalue weighted by Gasteiger charge is 2.32. The Kier molecular flexibility index (Phi) is 4.68. The van der Waals surface area contributed by atoms with E-state index in [2.05, 4.69) is 4.98 Å². The maximum Gasteiger partial charge on any atom is 0.416 e. The molecule has 0 radical (unpaired) electrons. The van der Waals surface area contributed by atoms with Gasteiger partial charge in [-0.1, -0.05) is 74.0 Å². The molecule has 0 N–H and O–H groups in total. The Hall–Kier alpha value is -3.96. The predicted octanol–water partition coefficient (Wildman–Crippen LogP) is 7.53. The first-order valence-corrected chi connectivity index (χ1v) is 14.2. The quantitative estimate of drug-likeness (QED) is 0.0818. The smallest absolute Gasteiger partial charge is 0.336 e. The third kappa shape index (κ3) is 8.54. The summed E-state index contributed by atoms with van der Waals surface area (Å²) in [4.78, 5) is 31.0. The summed E-state index contributed by atoms with van der Waals surface area (Å²) in [5, 5.41) is -1.57. The van der Waals surface area contributed by atoms with Gasteiger partial charge in [-0.05, 0) is 85.0 Å². The average molecular weight is 708 g/mol. The fourth-order valence-electron chi connectivity index (χ4n) is 3.79. The molecule has 48 heavy (non-hydrogen) atoms. The van der Waals surface area contributed by atoms with Crippen molar-refractivity contribution in [1.82, 2.24) is 19.4 Å². The topological polar surface area (TPSA) is 58.4 Å². The highest BCUT2D eigenvalue weighted by molar-refractivity contribution is 7.98. The normalized spacial score (nSPS) is 26.3. The molecular formula is C37H40F4N4O2S. The number of alkyl halides is 3. The van der Waals surface area contributed by atoms with E-state index in [4.69, 9.17) is 28.8 Å². The Morgan fingerprint density at radius 2 is 1.71 bits per heavy atom. The van der Waals surface area contributed by atoms with E-state index in [0.29, 0.717) is 32.9 Å². The van der Waals surface area contributed by atoms with Gasteiger partial charge in [-0.2, -0.15) is 18.2 Å². The Bertz CT molecular complexity index is 2990. The first-order chi connectivity index (χ1) is 33.3. The second-order valence-corrected chi connectivity index (χ2v) is 9.99. The van der Waals surface area contributed by atoms with Crippen molar-refractivity contribution < 1.29 is 59.4 Å². The Morgan fingerprint density at radius 1 is 1.02 bits per heavy atom. The summed E-state index contributed by atoms with van der Waals surface area (Å²) in [5.74, 6) is -3.92. The number of likely N-dealkylation sites (N-methyl/N-ethyl adjacent to an activating group) is 1. The number of nitrogens with zero attached hydrogens (tertiary/aromatic N) is 4. The molecule has 1 heterocycles. The summed E-state index contributed by atoms with van der Waals surface area (Å²) in [6, 6.07) is -8.28. The summed E-state index contributed by atoms with van der Waals surface area (Å²) < 4.78 is 293. The first kappa shape index (κ1) is 14.5. The Labute approximate surface area is 320 Å². The molecule has 1 aliphatic rings. The number of carbonyl (C=O) groups is 1. The first-order valence-electron chi connectivity index (χ1n) is 26.9. The van der Waals surface area contributed by atoms with Crippen LogP contribution in [0.3, 0.4) is 0 Å². The van der Waals surface area contributed by atoms with Crippen LogP contribution >= 0.6 is 11.8 Å². The molecule has 4 aromatic rings. The van der Waals surface area contributed by atoms with Crippen LogP contribution in [-0.2, 0) is 42.4 Å². The van der Waals surface area contributed by atoms with Gasteiger partial charge in [0.05, 0.1) is 23.4 Å². The fraction of sp³-hybridized carbons (Fsp3) is 0.378. The van der Waals surface area contributed by atoms with E-state index >= 15 is 4.79 Å². The van der Waals surface area contributed by atoms with Crippen molar-refractivity contribution in [2.24, 2.45) is 0 Å². The van der Waals surface area contributed by atoms with Gasteiger partial charge < -0.3 is 14.4 Å². The largest absolute Gasteiger partial charge is 0.416 e. The number of hydrogen-bond donors (Lipinski definition) is 0. The third-order valence-corrected chi connectivity index (χ3v) is 6.84. The summed E-state index contributed by atoms with van der Waals surface area (Å²) in [6.45, 7) is -24.4. The second kappa shape index (κ2) is 15.5. The number of rotatable bonds is 13. The Balaban J connectivity index is 2.00. The summed E-state index contributed by atoms with van der Waals surface area (Å²) in [7, 11) is 0. The zero-order valence-corrected chi connectivity index (χ0v) is 25.7. The maximum atomic E-state index is 15.5. The average Bonchev–Trinajstić information content (AvgIpc) is 3.31. The summed E-state index contributed by atoms with van der Waals surface area (Å²) in [6.07, 6.45) is -17.3. The van der Waals surface area contributed by atoms with E-state index in [-0.39, 0.29) is 0 Å². The molecule has 6 nitrogen and oxygen atoms in total. The van der Waals surface area contributed by atoms with Crippen molar-refractivity contribution in [2.75, 3.05) is 26.0 Å². The van der Waals surface area contributed by atoms with Gasteiger partial charge >= 0.3 is 6.18 Å². The van der Waals surface area contributed by atoms with E-state index in [9.17, 15) is 30.6 Å². The molecule has 0 atom stereocenters. The van der Waals surface area contributed by atoms with Crippen LogP contribution in [-0.4, -0.2) is 51.2 Å². The van der Waals surface area contributed by atoms with Crippen LogP contribution in [0.25, 0.3) is 11.1 Å². The lowest BCUT2D eigenvalue weighted by molar-refractivity contribution is -0.138. The molecule has 1 amide bonds. The van der Waals surface area contributed by atoms with Crippen LogP contribution in [0.5, 0.6) is 0 Å². The van der Waals surface area contributed by atoms with Gasteiger partial charge in [0.2, 0.25) is 5.91 Å². The molecule has 1 aromatic heterocycles. The van der Waals surface area contributed by atoms with Gasteiger partial charge in [0.15, 0.2) is 5.16 Å². The minimum absolute atomic E-state index is 0.433. The molecule has 254 valence electrons. The zero-order valence-electron chi connectivity index (χ0n) is 51.8. The molecule has 0 saturated carbocycles. The van der Waals surface area contributed by atoms with Gasteiger partial charge in [0.25, 0.3) is 5.56 Å². The van der Waals surface area contributed by atoms with Crippen molar-refractivity contribution in [2.45, 2.75) is 69.9 Å². The van der Waals surface area contributed by atoms with Crippen LogP contribution in [0, 0.1) is 12.7 Å². The van der Waals surface area contributed by atoms with Crippen molar-refractivity contribution in [3.8, 4) is 11.1 Å². The van der Waals surface area contributed by atoms with Crippen LogP contribution in [0.1, 0.15) is 90.7 Å². The van der Waals surface area contributed by atoms with E-state index in [1.165, 1.54) is 0 Å². The standard InChI is InChI=1S/C37H40F4N4O2S/c1-4-43(5-2)19-20-44(22-26-9-13-28(14-10-26)29-15-18-32(25(3)21-29)37(39,40)41)34(46)23-45-33-8-6-7-31(33)35(47)42-36(45)48-24-27-11-16-30(38)17-12-27/h9-18,21H,4-8,19-20,22-24H2,1-3H3/i4D2,5D2,6D2,7D2,8D2,9D,10D,13D,14D,15D,18D,19D2,20D2,21D,22D2,23D2,24D2. The van der Waals surface area contributed by atoms with Crippen molar-refractivity contribution in [1.29, 1.82) is 0 Å². The monoisotopic (exact) mass is 707 g/mol. The van der Waals surface area contributed by atoms with Gasteiger partial charge in [-0.15, -0.1) is 0 Å². The number of aromatic nitrogens is 2. The Morgan fingerprint density at radius 3 is 2.38 bits per heavy atom.